The van der Waals surface area contributed by atoms with Gasteiger partial charge in [-0.2, -0.15) is 5.10 Å². The van der Waals surface area contributed by atoms with Gasteiger partial charge in [0.15, 0.2) is 11.5 Å². The van der Waals surface area contributed by atoms with Gasteiger partial charge in [-0.05, 0) is 36.8 Å². The lowest BCUT2D eigenvalue weighted by Gasteiger charge is -2.06. The lowest BCUT2D eigenvalue weighted by Crippen LogP contribution is -2.24. The minimum absolute atomic E-state index is 0.0820. The Balaban J connectivity index is 1.64. The van der Waals surface area contributed by atoms with Crippen molar-refractivity contribution in [2.45, 2.75) is 6.92 Å². The minimum Gasteiger partial charge on any atom is -0.484 e. The van der Waals surface area contributed by atoms with Crippen molar-refractivity contribution < 1.29 is 19.2 Å². The summed E-state index contributed by atoms with van der Waals surface area (Å²) in [5.74, 6) is 0.782. The first-order valence-electron chi connectivity index (χ1n) is 7.49. The molecule has 1 amide bonds. The van der Waals surface area contributed by atoms with E-state index in [0.717, 1.165) is 5.56 Å². The monoisotopic (exact) mass is 341 g/mol. The number of nitro benzene ring substituents is 1. The number of ether oxygens (including phenoxy) is 2. The van der Waals surface area contributed by atoms with Crippen LogP contribution < -0.4 is 14.9 Å². The van der Waals surface area contributed by atoms with Crippen LogP contribution in [0.5, 0.6) is 11.5 Å². The molecule has 0 atom stereocenters. The zero-order chi connectivity index (χ0) is 17.8. The van der Waals surface area contributed by atoms with E-state index in [1.54, 1.807) is 0 Å². The van der Waals surface area contributed by atoms with E-state index in [0.29, 0.717) is 17.2 Å². The molecule has 8 heteroatoms. The van der Waals surface area contributed by atoms with Gasteiger partial charge in [0.05, 0.1) is 4.92 Å². The van der Waals surface area contributed by atoms with Gasteiger partial charge in [-0.15, -0.1) is 0 Å². The van der Waals surface area contributed by atoms with Gasteiger partial charge in [-0.1, -0.05) is 6.07 Å². The number of fused-ring (bicyclic) bond motifs is 1. The van der Waals surface area contributed by atoms with E-state index in [2.05, 4.69) is 10.5 Å². The Morgan fingerprint density at radius 2 is 1.80 bits per heavy atom. The fourth-order valence-electron chi connectivity index (χ4n) is 2.20. The Hall–Kier alpha value is -3.42. The molecule has 0 radical (unpaired) electrons. The molecule has 0 saturated heterocycles. The van der Waals surface area contributed by atoms with Crippen LogP contribution in [0.15, 0.2) is 47.6 Å². The molecule has 1 N–H and O–H groups in total. The van der Waals surface area contributed by atoms with E-state index in [-0.39, 0.29) is 24.5 Å². The van der Waals surface area contributed by atoms with Gasteiger partial charge in [-0.25, -0.2) is 5.43 Å². The summed E-state index contributed by atoms with van der Waals surface area (Å²) in [4.78, 5) is 22.1. The molecule has 0 saturated carbocycles. The molecule has 25 heavy (non-hydrogen) atoms. The molecule has 0 fully saturated rings. The maximum absolute atomic E-state index is 12.0. The highest BCUT2D eigenvalue weighted by Gasteiger charge is 2.15. The van der Waals surface area contributed by atoms with Crippen LogP contribution in [-0.2, 0) is 0 Å². The number of hydrogen-bond donors (Lipinski definition) is 1. The number of rotatable bonds is 3. The normalized spacial score (nSPS) is 14.7. The number of non-ortho nitro benzene ring substituents is 1. The lowest BCUT2D eigenvalue weighted by atomic mass is 10.2. The van der Waals surface area contributed by atoms with Crippen molar-refractivity contribution in [1.82, 2.24) is 5.43 Å². The lowest BCUT2D eigenvalue weighted by molar-refractivity contribution is -0.384. The molecule has 8 nitrogen and oxygen atoms in total. The van der Waals surface area contributed by atoms with Gasteiger partial charge >= 0.3 is 0 Å². The summed E-state index contributed by atoms with van der Waals surface area (Å²) in [6.07, 6.45) is 0. The Morgan fingerprint density at radius 3 is 2.48 bits per heavy atom. The van der Waals surface area contributed by atoms with Crippen LogP contribution in [0.3, 0.4) is 0 Å². The highest BCUT2D eigenvalue weighted by Crippen LogP contribution is 2.29. The van der Waals surface area contributed by atoms with Gasteiger partial charge in [0, 0.05) is 17.7 Å². The second kappa shape index (κ2) is 7.00. The number of hydrogen-bond acceptors (Lipinski definition) is 6. The quantitative estimate of drug-likeness (QED) is 0.682. The number of nitrogens with zero attached hydrogens (tertiary/aromatic N) is 2. The molecule has 3 rings (SSSR count). The van der Waals surface area contributed by atoms with E-state index in [1.165, 1.54) is 24.3 Å². The number of nitrogens with one attached hydrogen (secondary N) is 1. The van der Waals surface area contributed by atoms with Gasteiger partial charge in [0.25, 0.3) is 11.6 Å². The summed E-state index contributed by atoms with van der Waals surface area (Å²) in [7, 11) is 0. The topological polar surface area (TPSA) is 103 Å². The van der Waals surface area contributed by atoms with Gasteiger partial charge in [0.2, 0.25) is 0 Å². The standard InChI is InChI=1S/C17H15N3O5/c1-11-2-7-15-16(8-11)25-10-13(9-24-15)18-19-17(21)12-3-5-14(6-4-12)20(22)23/h2-8H,9-10H2,1H3,(H,19,21)/b18-13+. The van der Waals surface area contributed by atoms with Crippen molar-refractivity contribution in [2.75, 3.05) is 13.2 Å². The summed E-state index contributed by atoms with van der Waals surface area (Å²) in [6, 6.07) is 10.9. The van der Waals surface area contributed by atoms with Crippen molar-refractivity contribution in [3.05, 3.63) is 63.7 Å². The molecule has 128 valence electrons. The Labute approximate surface area is 143 Å². The van der Waals surface area contributed by atoms with Gasteiger partial charge < -0.3 is 9.47 Å². The van der Waals surface area contributed by atoms with Crippen LogP contribution >= 0.6 is 0 Å². The Kier molecular flexibility index (Phi) is 4.60. The average Bonchev–Trinajstić information content (AvgIpc) is 2.81. The molecule has 0 aromatic heterocycles. The van der Waals surface area contributed by atoms with E-state index in [9.17, 15) is 14.9 Å². The van der Waals surface area contributed by atoms with E-state index < -0.39 is 10.8 Å². The average molecular weight is 341 g/mol. The Bertz CT molecular complexity index is 846. The molecule has 2 aromatic carbocycles. The van der Waals surface area contributed by atoms with Gasteiger partial charge in [-0.3, -0.25) is 14.9 Å². The predicted molar refractivity (Wildman–Crippen MR) is 90.2 cm³/mol. The van der Waals surface area contributed by atoms with Crippen LogP contribution in [0.4, 0.5) is 5.69 Å². The Morgan fingerprint density at radius 1 is 1.12 bits per heavy atom. The largest absolute Gasteiger partial charge is 0.484 e. The zero-order valence-corrected chi connectivity index (χ0v) is 13.4. The van der Waals surface area contributed by atoms with Crippen molar-refractivity contribution in [3.8, 4) is 11.5 Å². The zero-order valence-electron chi connectivity index (χ0n) is 13.4. The van der Waals surface area contributed by atoms with Gasteiger partial charge in [0.1, 0.15) is 18.9 Å². The molecule has 1 aliphatic rings. The van der Waals surface area contributed by atoms with E-state index in [1.807, 2.05) is 25.1 Å². The fraction of sp³-hybridized carbons (Fsp3) is 0.176. The number of carbonyl (C=O) groups is 1. The van der Waals surface area contributed by atoms with Crippen molar-refractivity contribution in [1.29, 1.82) is 0 Å². The van der Waals surface area contributed by atoms with Crippen LogP contribution in [0.25, 0.3) is 0 Å². The molecule has 0 aliphatic carbocycles. The maximum atomic E-state index is 12.0. The summed E-state index contributed by atoms with van der Waals surface area (Å²) >= 11 is 0. The van der Waals surface area contributed by atoms with Crippen LogP contribution in [-0.4, -0.2) is 29.8 Å². The minimum atomic E-state index is -0.526. The van der Waals surface area contributed by atoms with Crippen LogP contribution in [0, 0.1) is 17.0 Å². The number of hydrazone groups is 1. The highest BCUT2D eigenvalue weighted by atomic mass is 16.6. The number of benzene rings is 2. The summed E-state index contributed by atoms with van der Waals surface area (Å²) < 4.78 is 11.3. The first-order chi connectivity index (χ1) is 12.0. The summed E-state index contributed by atoms with van der Waals surface area (Å²) in [5, 5.41) is 14.6. The van der Waals surface area contributed by atoms with Crippen LogP contribution in [0.1, 0.15) is 15.9 Å². The number of aryl methyl sites for hydroxylation is 1. The molecule has 1 aliphatic heterocycles. The van der Waals surface area contributed by atoms with E-state index in [4.69, 9.17) is 9.47 Å². The highest BCUT2D eigenvalue weighted by molar-refractivity contribution is 5.96. The molecule has 0 bridgehead atoms. The number of amides is 1. The van der Waals surface area contributed by atoms with Crippen molar-refractivity contribution in [2.24, 2.45) is 5.10 Å². The molecule has 0 spiro atoms. The van der Waals surface area contributed by atoms with E-state index >= 15 is 0 Å². The molecular weight excluding hydrogens is 326 g/mol. The van der Waals surface area contributed by atoms with Crippen molar-refractivity contribution >= 4 is 17.3 Å². The third-order valence-corrected chi connectivity index (χ3v) is 3.54. The first kappa shape index (κ1) is 16.4. The summed E-state index contributed by atoms with van der Waals surface area (Å²) in [5.41, 5.74) is 4.16. The molecular formula is C17H15N3O5. The number of carbonyl (C=O) groups excluding carboxylic acids is 1. The molecule has 0 unspecified atom stereocenters. The second-order valence-corrected chi connectivity index (χ2v) is 5.45. The smallest absolute Gasteiger partial charge is 0.271 e. The molecule has 1 heterocycles. The third kappa shape index (κ3) is 3.92. The summed E-state index contributed by atoms with van der Waals surface area (Å²) in [6.45, 7) is 2.33. The SMILES string of the molecule is Cc1ccc2c(c1)OC/C(=N/NC(=O)c1ccc([N+](=O)[O-])cc1)CO2. The third-order valence-electron chi connectivity index (χ3n) is 3.54. The predicted octanol–water partition coefficient (Wildman–Crippen LogP) is 2.46. The van der Waals surface area contributed by atoms with Crippen LogP contribution in [0.2, 0.25) is 0 Å². The maximum Gasteiger partial charge on any atom is 0.271 e. The first-order valence-corrected chi connectivity index (χ1v) is 7.49. The fourth-order valence-corrected chi connectivity index (χ4v) is 2.20. The molecule has 2 aromatic rings. The second-order valence-electron chi connectivity index (χ2n) is 5.45. The number of nitro groups is 1. The van der Waals surface area contributed by atoms with Crippen molar-refractivity contribution in [3.63, 3.8) is 0 Å².